The average Bonchev–Trinajstić information content (AvgIpc) is 3.08. The lowest BCUT2D eigenvalue weighted by molar-refractivity contribution is -0.117. The Hall–Kier alpha value is -2.71. The molecule has 1 amide bonds. The molecule has 6 nitrogen and oxygen atoms in total. The maximum Gasteiger partial charge on any atom is 0.387 e. The van der Waals surface area contributed by atoms with E-state index in [-0.39, 0.29) is 23.4 Å². The van der Waals surface area contributed by atoms with Crippen LogP contribution < -0.4 is 20.9 Å². The number of phenolic OH excluding ortho intramolecular Hbond substituents is 1. The van der Waals surface area contributed by atoms with Crippen molar-refractivity contribution in [3.05, 3.63) is 53.6 Å². The summed E-state index contributed by atoms with van der Waals surface area (Å²) >= 11 is 0. The fraction of sp³-hybridized carbons (Fsp3) is 0.278. The smallest absolute Gasteiger partial charge is 0.387 e. The van der Waals surface area contributed by atoms with E-state index in [4.69, 9.17) is 0 Å². The molecule has 138 valence electrons. The number of hydrogen-bond donors (Lipinski definition) is 4. The normalized spacial score (nSPS) is 19.5. The van der Waals surface area contributed by atoms with E-state index in [9.17, 15) is 18.7 Å². The first-order valence-corrected chi connectivity index (χ1v) is 8.08. The van der Waals surface area contributed by atoms with Crippen LogP contribution in [0.25, 0.3) is 0 Å². The second kappa shape index (κ2) is 7.67. The number of hydrogen-bond acceptors (Lipinski definition) is 5. The Balaban J connectivity index is 1.60. The lowest BCUT2D eigenvalue weighted by atomic mass is 9.99. The maximum absolute atomic E-state index is 12.4. The fourth-order valence-corrected chi connectivity index (χ4v) is 2.83. The topological polar surface area (TPSA) is 82.6 Å². The third-order valence-electron chi connectivity index (χ3n) is 4.13. The number of aryl methyl sites for hydroxylation is 1. The highest BCUT2D eigenvalue weighted by Crippen LogP contribution is 2.30. The molecular weight excluding hydrogens is 344 g/mol. The lowest BCUT2D eigenvalue weighted by Crippen LogP contribution is -2.39. The molecule has 1 aliphatic rings. The van der Waals surface area contributed by atoms with Crippen LogP contribution in [0.2, 0.25) is 0 Å². The summed E-state index contributed by atoms with van der Waals surface area (Å²) in [6.07, 6.45) is 0.454. The summed E-state index contributed by atoms with van der Waals surface area (Å²) in [7, 11) is 0. The monoisotopic (exact) mass is 363 g/mol. The number of amides is 1. The van der Waals surface area contributed by atoms with Crippen molar-refractivity contribution < 1.29 is 23.4 Å². The third-order valence-corrected chi connectivity index (χ3v) is 4.13. The number of halogens is 2. The van der Waals surface area contributed by atoms with Gasteiger partial charge in [0.05, 0.1) is 6.04 Å². The summed E-state index contributed by atoms with van der Waals surface area (Å²) in [5, 5.41) is 12.7. The molecule has 0 bridgehead atoms. The minimum atomic E-state index is -2.89. The first kappa shape index (κ1) is 18.1. The van der Waals surface area contributed by atoms with Gasteiger partial charge in [0, 0.05) is 11.3 Å². The molecule has 2 atom stereocenters. The average molecular weight is 363 g/mol. The number of rotatable bonds is 5. The van der Waals surface area contributed by atoms with Gasteiger partial charge in [-0.15, -0.1) is 0 Å². The van der Waals surface area contributed by atoms with Gasteiger partial charge < -0.3 is 15.2 Å². The number of benzene rings is 2. The van der Waals surface area contributed by atoms with Gasteiger partial charge in [0.15, 0.2) is 0 Å². The van der Waals surface area contributed by atoms with Crippen LogP contribution in [-0.4, -0.2) is 23.7 Å². The molecule has 0 saturated carbocycles. The molecule has 2 aromatic rings. The molecule has 1 fully saturated rings. The lowest BCUT2D eigenvalue weighted by Gasteiger charge is -2.13. The van der Waals surface area contributed by atoms with Gasteiger partial charge in [-0.2, -0.15) is 8.78 Å². The molecule has 2 aromatic carbocycles. The van der Waals surface area contributed by atoms with Crippen LogP contribution in [-0.2, 0) is 4.79 Å². The zero-order chi connectivity index (χ0) is 18.7. The largest absolute Gasteiger partial charge is 0.508 e. The molecule has 8 heteroatoms. The van der Waals surface area contributed by atoms with Gasteiger partial charge >= 0.3 is 6.61 Å². The summed E-state index contributed by atoms with van der Waals surface area (Å²) in [5.74, 6) is -0.0751. The number of anilines is 1. The number of hydrazine groups is 1. The standard InChI is InChI=1S/C18H19F2N3O3/c1-10-2-7-16(24)13(8-10)14-9-15(23-22-14)17(25)21-11-3-5-12(6-4-11)26-18(19)20/h2-8,14-15,18,22-24H,9H2,1H3,(H,21,25). The minimum Gasteiger partial charge on any atom is -0.508 e. The van der Waals surface area contributed by atoms with Crippen LogP contribution in [0.5, 0.6) is 11.5 Å². The molecule has 1 heterocycles. The first-order valence-electron chi connectivity index (χ1n) is 8.08. The van der Waals surface area contributed by atoms with Crippen molar-refractivity contribution in [2.24, 2.45) is 0 Å². The Kier molecular flexibility index (Phi) is 5.34. The maximum atomic E-state index is 12.4. The third kappa shape index (κ3) is 4.27. The van der Waals surface area contributed by atoms with E-state index < -0.39 is 12.7 Å². The van der Waals surface area contributed by atoms with Crippen LogP contribution in [0, 0.1) is 6.92 Å². The quantitative estimate of drug-likeness (QED) is 0.657. The van der Waals surface area contributed by atoms with Gasteiger partial charge in [0.25, 0.3) is 0 Å². The SMILES string of the molecule is Cc1ccc(O)c(C2CC(C(=O)Nc3ccc(OC(F)F)cc3)NN2)c1. The predicted molar refractivity (Wildman–Crippen MR) is 92.0 cm³/mol. The number of nitrogens with one attached hydrogen (secondary N) is 3. The van der Waals surface area contributed by atoms with Crippen LogP contribution in [0.4, 0.5) is 14.5 Å². The first-order chi connectivity index (χ1) is 12.4. The summed E-state index contributed by atoms with van der Waals surface area (Å²) in [6, 6.07) is 10.3. The van der Waals surface area contributed by atoms with E-state index in [1.165, 1.54) is 24.3 Å². The number of aromatic hydroxyl groups is 1. The molecule has 26 heavy (non-hydrogen) atoms. The molecule has 4 N–H and O–H groups in total. The summed E-state index contributed by atoms with van der Waals surface area (Å²) in [5.41, 5.74) is 8.14. The molecule has 0 aromatic heterocycles. The number of ether oxygens (including phenoxy) is 1. The van der Waals surface area contributed by atoms with Crippen molar-refractivity contribution in [3.63, 3.8) is 0 Å². The van der Waals surface area contributed by atoms with Crippen molar-refractivity contribution in [3.8, 4) is 11.5 Å². The van der Waals surface area contributed by atoms with E-state index in [1.807, 2.05) is 19.1 Å². The Morgan fingerprint density at radius 2 is 1.96 bits per heavy atom. The summed E-state index contributed by atoms with van der Waals surface area (Å²) in [4.78, 5) is 12.4. The Morgan fingerprint density at radius 1 is 1.23 bits per heavy atom. The van der Waals surface area contributed by atoms with E-state index in [0.717, 1.165) is 11.1 Å². The summed E-state index contributed by atoms with van der Waals surface area (Å²) < 4.78 is 28.5. The van der Waals surface area contributed by atoms with Crippen molar-refractivity contribution in [1.82, 2.24) is 10.9 Å². The molecule has 1 saturated heterocycles. The van der Waals surface area contributed by atoms with Crippen molar-refractivity contribution in [2.45, 2.75) is 32.0 Å². The van der Waals surface area contributed by atoms with Crippen molar-refractivity contribution >= 4 is 11.6 Å². The Morgan fingerprint density at radius 3 is 2.65 bits per heavy atom. The van der Waals surface area contributed by atoms with Crippen LogP contribution >= 0.6 is 0 Å². The van der Waals surface area contributed by atoms with E-state index >= 15 is 0 Å². The Labute approximate surface area is 149 Å². The zero-order valence-corrected chi connectivity index (χ0v) is 14.0. The highest BCUT2D eigenvalue weighted by Gasteiger charge is 2.31. The van der Waals surface area contributed by atoms with Gasteiger partial charge in [0.2, 0.25) is 5.91 Å². The van der Waals surface area contributed by atoms with Crippen LogP contribution in [0.3, 0.4) is 0 Å². The Bertz CT molecular complexity index is 784. The van der Waals surface area contributed by atoms with Crippen LogP contribution in [0.15, 0.2) is 42.5 Å². The van der Waals surface area contributed by atoms with E-state index in [1.54, 1.807) is 6.07 Å². The highest BCUT2D eigenvalue weighted by atomic mass is 19.3. The number of alkyl halides is 2. The zero-order valence-electron chi connectivity index (χ0n) is 14.0. The fourth-order valence-electron chi connectivity index (χ4n) is 2.83. The van der Waals surface area contributed by atoms with Gasteiger partial charge in [-0.25, -0.2) is 10.9 Å². The molecule has 0 radical (unpaired) electrons. The summed E-state index contributed by atoms with van der Waals surface area (Å²) in [6.45, 7) is -0.962. The number of phenols is 1. The van der Waals surface area contributed by atoms with Crippen molar-refractivity contribution in [1.29, 1.82) is 0 Å². The van der Waals surface area contributed by atoms with Gasteiger partial charge in [0.1, 0.15) is 17.5 Å². The van der Waals surface area contributed by atoms with Crippen molar-refractivity contribution in [2.75, 3.05) is 5.32 Å². The van der Waals surface area contributed by atoms with Gasteiger partial charge in [-0.3, -0.25) is 4.79 Å². The molecular formula is C18H19F2N3O3. The van der Waals surface area contributed by atoms with Gasteiger partial charge in [-0.05, 0) is 43.7 Å². The van der Waals surface area contributed by atoms with E-state index in [0.29, 0.717) is 12.1 Å². The molecule has 0 aliphatic carbocycles. The minimum absolute atomic E-state index is 0.0219. The molecule has 3 rings (SSSR count). The molecule has 2 unspecified atom stereocenters. The van der Waals surface area contributed by atoms with Gasteiger partial charge in [-0.1, -0.05) is 17.7 Å². The molecule has 0 spiro atoms. The predicted octanol–water partition coefficient (Wildman–Crippen LogP) is 2.85. The number of carbonyl (C=O) groups is 1. The second-order valence-corrected chi connectivity index (χ2v) is 6.08. The number of carbonyl (C=O) groups excluding carboxylic acids is 1. The molecule has 1 aliphatic heterocycles. The van der Waals surface area contributed by atoms with Crippen LogP contribution in [0.1, 0.15) is 23.6 Å². The highest BCUT2D eigenvalue weighted by molar-refractivity contribution is 5.95. The second-order valence-electron chi connectivity index (χ2n) is 6.08. The van der Waals surface area contributed by atoms with E-state index in [2.05, 4.69) is 20.9 Å².